The molecule has 138 valence electrons. The molecule has 6 heteroatoms. The molecule has 3 rings (SSSR count). The molecule has 2 aliphatic heterocycles. The maximum atomic E-state index is 12.1. The number of likely N-dealkylation sites (tertiary alicyclic amines) is 2. The summed E-state index contributed by atoms with van der Waals surface area (Å²) in [5.41, 5.74) is 0.892. The predicted octanol–water partition coefficient (Wildman–Crippen LogP) is 1.34. The van der Waals surface area contributed by atoms with Gasteiger partial charge in [-0.1, -0.05) is 20.8 Å². The van der Waals surface area contributed by atoms with Gasteiger partial charge in [0.1, 0.15) is 0 Å². The van der Waals surface area contributed by atoms with Crippen molar-refractivity contribution in [3.63, 3.8) is 0 Å². The number of amides is 1. The van der Waals surface area contributed by atoms with Gasteiger partial charge in [0, 0.05) is 57.0 Å². The van der Waals surface area contributed by atoms with Gasteiger partial charge in [0.25, 0.3) is 5.56 Å². The molecule has 1 amide bonds. The Balaban J connectivity index is 1.51. The Morgan fingerprint density at radius 2 is 1.80 bits per heavy atom. The lowest BCUT2D eigenvalue weighted by molar-refractivity contribution is -0.133. The molecule has 0 aliphatic carbocycles. The van der Waals surface area contributed by atoms with Crippen LogP contribution in [0, 0.1) is 11.8 Å². The van der Waals surface area contributed by atoms with E-state index in [1.165, 1.54) is 0 Å². The Kier molecular flexibility index (Phi) is 5.00. The molecule has 6 nitrogen and oxygen atoms in total. The fraction of sp³-hybridized carbons (Fsp3) is 0.737. The van der Waals surface area contributed by atoms with Crippen LogP contribution in [0.15, 0.2) is 16.9 Å². The topological polar surface area (TPSA) is 58.4 Å². The van der Waals surface area contributed by atoms with Crippen LogP contribution in [0.5, 0.6) is 0 Å². The third-order valence-electron chi connectivity index (χ3n) is 5.34. The number of hydrogen-bond acceptors (Lipinski definition) is 4. The zero-order chi connectivity index (χ0) is 18.2. The number of hydrogen-bond donors (Lipinski definition) is 0. The Morgan fingerprint density at radius 3 is 2.44 bits per heavy atom. The monoisotopic (exact) mass is 346 g/mol. The van der Waals surface area contributed by atoms with Gasteiger partial charge in [-0.15, -0.1) is 0 Å². The standard InChI is InChI=1S/C19H30N4O2/c1-19(2,3)16-6-8-18(25)23(20-16)13-15-11-22(12-15)10-14-5-7-17(24)21(4)9-14/h6,8,14-15H,5,7,9-13H2,1-4H3. The SMILES string of the molecule is CN1CC(CN2CC(Cn3nc(C(C)(C)C)ccc3=O)C2)CCC1=O. The third-order valence-corrected chi connectivity index (χ3v) is 5.34. The highest BCUT2D eigenvalue weighted by Crippen LogP contribution is 2.23. The van der Waals surface area contributed by atoms with Crippen LogP contribution in [-0.2, 0) is 16.8 Å². The number of carbonyl (C=O) groups excluding carboxylic acids is 1. The first kappa shape index (κ1) is 18.1. The lowest BCUT2D eigenvalue weighted by Gasteiger charge is -2.42. The van der Waals surface area contributed by atoms with E-state index >= 15 is 0 Å². The summed E-state index contributed by atoms with van der Waals surface area (Å²) >= 11 is 0. The maximum Gasteiger partial charge on any atom is 0.266 e. The van der Waals surface area contributed by atoms with Crippen LogP contribution in [0.25, 0.3) is 0 Å². The first-order valence-corrected chi connectivity index (χ1v) is 9.27. The molecule has 2 fully saturated rings. The molecular formula is C19H30N4O2. The number of piperidine rings is 1. The fourth-order valence-corrected chi connectivity index (χ4v) is 3.78. The van der Waals surface area contributed by atoms with Crippen molar-refractivity contribution in [1.29, 1.82) is 0 Å². The number of carbonyl (C=O) groups is 1. The number of nitrogens with zero attached hydrogens (tertiary/aromatic N) is 4. The van der Waals surface area contributed by atoms with Crippen molar-refractivity contribution in [3.05, 3.63) is 28.2 Å². The van der Waals surface area contributed by atoms with Crippen LogP contribution in [0.3, 0.4) is 0 Å². The van der Waals surface area contributed by atoms with Crippen molar-refractivity contribution in [2.45, 2.75) is 45.6 Å². The summed E-state index contributed by atoms with van der Waals surface area (Å²) in [5.74, 6) is 1.33. The maximum absolute atomic E-state index is 12.1. The molecule has 2 saturated heterocycles. The molecule has 0 aromatic carbocycles. The van der Waals surface area contributed by atoms with E-state index in [0.29, 0.717) is 24.8 Å². The second-order valence-corrected chi connectivity index (χ2v) is 8.75. The average Bonchev–Trinajstić information content (AvgIpc) is 2.49. The van der Waals surface area contributed by atoms with E-state index in [2.05, 4.69) is 30.8 Å². The lowest BCUT2D eigenvalue weighted by atomic mass is 9.92. The number of rotatable bonds is 4. The van der Waals surface area contributed by atoms with Crippen molar-refractivity contribution < 1.29 is 4.79 Å². The minimum atomic E-state index is -0.0501. The minimum Gasteiger partial charge on any atom is -0.345 e. The molecule has 2 aliphatic rings. The van der Waals surface area contributed by atoms with Crippen LogP contribution in [0.1, 0.15) is 39.3 Å². The van der Waals surface area contributed by atoms with Gasteiger partial charge >= 0.3 is 0 Å². The van der Waals surface area contributed by atoms with Gasteiger partial charge in [-0.05, 0) is 18.4 Å². The molecule has 3 heterocycles. The second kappa shape index (κ2) is 6.90. The van der Waals surface area contributed by atoms with Crippen molar-refractivity contribution >= 4 is 5.91 Å². The molecule has 1 aromatic rings. The van der Waals surface area contributed by atoms with Gasteiger partial charge in [0.2, 0.25) is 5.91 Å². The molecule has 0 spiro atoms. The summed E-state index contributed by atoms with van der Waals surface area (Å²) < 4.78 is 1.63. The quantitative estimate of drug-likeness (QED) is 0.826. The van der Waals surface area contributed by atoms with Crippen molar-refractivity contribution in [2.24, 2.45) is 11.8 Å². The van der Waals surface area contributed by atoms with Crippen molar-refractivity contribution in [1.82, 2.24) is 19.6 Å². The fourth-order valence-electron chi connectivity index (χ4n) is 3.78. The highest BCUT2D eigenvalue weighted by molar-refractivity contribution is 5.76. The highest BCUT2D eigenvalue weighted by Gasteiger charge is 2.31. The van der Waals surface area contributed by atoms with E-state index in [1.54, 1.807) is 10.7 Å². The molecule has 1 aromatic heterocycles. The zero-order valence-electron chi connectivity index (χ0n) is 15.9. The van der Waals surface area contributed by atoms with Crippen LogP contribution in [-0.4, -0.2) is 58.7 Å². The van der Waals surface area contributed by atoms with Crippen LogP contribution < -0.4 is 5.56 Å². The van der Waals surface area contributed by atoms with Gasteiger partial charge in [0.15, 0.2) is 0 Å². The Hall–Kier alpha value is -1.69. The van der Waals surface area contributed by atoms with Gasteiger partial charge in [-0.25, -0.2) is 4.68 Å². The smallest absolute Gasteiger partial charge is 0.266 e. The molecule has 0 bridgehead atoms. The molecule has 1 unspecified atom stereocenters. The zero-order valence-corrected chi connectivity index (χ0v) is 15.9. The van der Waals surface area contributed by atoms with Gasteiger partial charge in [-0.3, -0.25) is 9.59 Å². The molecule has 0 N–H and O–H groups in total. The second-order valence-electron chi connectivity index (χ2n) is 8.75. The van der Waals surface area contributed by atoms with E-state index in [-0.39, 0.29) is 16.9 Å². The van der Waals surface area contributed by atoms with Crippen molar-refractivity contribution in [3.8, 4) is 0 Å². The van der Waals surface area contributed by atoms with E-state index in [4.69, 9.17) is 0 Å². The van der Waals surface area contributed by atoms with E-state index < -0.39 is 0 Å². The summed E-state index contributed by atoms with van der Waals surface area (Å²) in [7, 11) is 1.90. The first-order valence-electron chi connectivity index (χ1n) is 9.27. The summed E-state index contributed by atoms with van der Waals surface area (Å²) in [6, 6.07) is 3.48. The minimum absolute atomic E-state index is 0.0149. The van der Waals surface area contributed by atoms with E-state index in [0.717, 1.165) is 38.3 Å². The molecule has 0 saturated carbocycles. The largest absolute Gasteiger partial charge is 0.345 e. The highest BCUT2D eigenvalue weighted by atomic mass is 16.2. The normalized spacial score (nSPS) is 23.0. The Bertz CT molecular complexity index is 685. The predicted molar refractivity (Wildman–Crippen MR) is 97.5 cm³/mol. The van der Waals surface area contributed by atoms with Crippen LogP contribution >= 0.6 is 0 Å². The van der Waals surface area contributed by atoms with E-state index in [1.807, 2.05) is 18.0 Å². The first-order chi connectivity index (χ1) is 11.7. The summed E-state index contributed by atoms with van der Waals surface area (Å²) in [6.07, 6.45) is 1.68. The summed E-state index contributed by atoms with van der Waals surface area (Å²) in [6.45, 7) is 11.0. The summed E-state index contributed by atoms with van der Waals surface area (Å²) in [4.78, 5) is 28.0. The third kappa shape index (κ3) is 4.29. The average molecular weight is 346 g/mol. The summed E-state index contributed by atoms with van der Waals surface area (Å²) in [5, 5.41) is 4.57. The van der Waals surface area contributed by atoms with Crippen LogP contribution in [0.4, 0.5) is 0 Å². The molecule has 1 atom stereocenters. The molecule has 0 radical (unpaired) electrons. The Labute approximate surface area is 149 Å². The molecular weight excluding hydrogens is 316 g/mol. The Morgan fingerprint density at radius 1 is 1.08 bits per heavy atom. The van der Waals surface area contributed by atoms with E-state index in [9.17, 15) is 9.59 Å². The molecule has 25 heavy (non-hydrogen) atoms. The number of aromatic nitrogens is 2. The van der Waals surface area contributed by atoms with Gasteiger partial charge < -0.3 is 9.80 Å². The van der Waals surface area contributed by atoms with Gasteiger partial charge in [-0.2, -0.15) is 5.10 Å². The van der Waals surface area contributed by atoms with Gasteiger partial charge in [0.05, 0.1) is 12.2 Å². The van der Waals surface area contributed by atoms with Crippen molar-refractivity contribution in [2.75, 3.05) is 33.2 Å². The lowest BCUT2D eigenvalue weighted by Crippen LogP contribution is -2.53. The van der Waals surface area contributed by atoms with Crippen LogP contribution in [0.2, 0.25) is 0 Å².